The number of nitrogens with zero attached hydrogens (tertiary/aromatic N) is 1. The number of fused-ring (bicyclic) bond motifs is 1. The third-order valence-corrected chi connectivity index (χ3v) is 4.74. The minimum atomic E-state index is -0.522. The fraction of sp³-hybridized carbons (Fsp3) is 0.280. The molecule has 2 aromatic carbocycles. The third kappa shape index (κ3) is 6.68. The van der Waals surface area contributed by atoms with Crippen LogP contribution in [0.3, 0.4) is 0 Å². The maximum absolute atomic E-state index is 12.5. The predicted molar refractivity (Wildman–Crippen MR) is 131 cm³/mol. The van der Waals surface area contributed by atoms with E-state index in [0.717, 1.165) is 0 Å². The molecule has 0 aliphatic carbocycles. The number of halogens is 1. The van der Waals surface area contributed by atoms with Crippen molar-refractivity contribution < 1.29 is 28.6 Å². The third-order valence-electron chi connectivity index (χ3n) is 4.74. The smallest absolute Gasteiger partial charge is 0.341 e. The van der Waals surface area contributed by atoms with Crippen molar-refractivity contribution in [3.05, 3.63) is 71.4 Å². The molecule has 0 saturated heterocycles. The van der Waals surface area contributed by atoms with Gasteiger partial charge in [0.25, 0.3) is 0 Å². The van der Waals surface area contributed by atoms with Crippen molar-refractivity contribution >= 4 is 46.9 Å². The molecule has 180 valence electrons. The lowest BCUT2D eigenvalue weighted by Crippen LogP contribution is -2.14. The van der Waals surface area contributed by atoms with E-state index < -0.39 is 17.9 Å². The molecule has 0 unspecified atom stereocenters. The monoisotopic (exact) mass is 486 g/mol. The SMILES string of the molecule is CCOC(=O)c1ccc2ncc(C(=O)OCC)c(NCCCOC(=O)c3ccccc3)c2c1.Cl. The summed E-state index contributed by atoms with van der Waals surface area (Å²) in [5.41, 5.74) is 2.20. The van der Waals surface area contributed by atoms with E-state index in [4.69, 9.17) is 14.2 Å². The molecule has 9 heteroatoms. The lowest BCUT2D eigenvalue weighted by molar-refractivity contribution is 0.0500. The fourth-order valence-electron chi connectivity index (χ4n) is 3.20. The lowest BCUT2D eigenvalue weighted by Gasteiger charge is -2.15. The Morgan fingerprint density at radius 2 is 1.53 bits per heavy atom. The number of carbonyl (C=O) groups is 3. The first-order valence-electron chi connectivity index (χ1n) is 10.8. The van der Waals surface area contributed by atoms with Crippen molar-refractivity contribution in [1.82, 2.24) is 4.98 Å². The predicted octanol–water partition coefficient (Wildman–Crippen LogP) is 4.67. The van der Waals surface area contributed by atoms with Gasteiger partial charge >= 0.3 is 17.9 Å². The van der Waals surface area contributed by atoms with Crippen LogP contribution >= 0.6 is 12.4 Å². The molecule has 8 nitrogen and oxygen atoms in total. The summed E-state index contributed by atoms with van der Waals surface area (Å²) >= 11 is 0. The van der Waals surface area contributed by atoms with Gasteiger partial charge < -0.3 is 19.5 Å². The highest BCUT2D eigenvalue weighted by atomic mass is 35.5. The highest BCUT2D eigenvalue weighted by molar-refractivity contribution is 6.06. The van der Waals surface area contributed by atoms with Gasteiger partial charge in [0.2, 0.25) is 0 Å². The molecule has 0 amide bonds. The van der Waals surface area contributed by atoms with E-state index >= 15 is 0 Å². The Hall–Kier alpha value is -3.65. The van der Waals surface area contributed by atoms with Gasteiger partial charge in [-0.3, -0.25) is 4.98 Å². The van der Waals surface area contributed by atoms with Gasteiger partial charge in [-0.15, -0.1) is 12.4 Å². The average molecular weight is 487 g/mol. The van der Waals surface area contributed by atoms with Crippen LogP contribution < -0.4 is 5.32 Å². The molecule has 0 atom stereocenters. The highest BCUT2D eigenvalue weighted by Gasteiger charge is 2.18. The summed E-state index contributed by atoms with van der Waals surface area (Å²) in [5.74, 6) is -1.37. The minimum absolute atomic E-state index is 0. The van der Waals surface area contributed by atoms with Crippen molar-refractivity contribution in [3.8, 4) is 0 Å². The zero-order chi connectivity index (χ0) is 23.6. The van der Waals surface area contributed by atoms with Crippen LogP contribution in [0.15, 0.2) is 54.7 Å². The summed E-state index contributed by atoms with van der Waals surface area (Å²) < 4.78 is 15.6. The second kappa shape index (κ2) is 13.2. The summed E-state index contributed by atoms with van der Waals surface area (Å²) in [5, 5.41) is 3.81. The molecular weight excluding hydrogens is 460 g/mol. The van der Waals surface area contributed by atoms with E-state index in [0.29, 0.717) is 40.7 Å². The standard InChI is InChI=1S/C25H26N2O6.ClH/c1-3-31-24(29)18-11-12-21-19(15-18)22(20(16-27-21)25(30)32-4-2)26-13-8-14-33-23(28)17-9-6-5-7-10-17;/h5-7,9-12,15-16H,3-4,8,13-14H2,1-2H3,(H,26,27);1H. The first kappa shape index (κ1) is 26.6. The zero-order valence-electron chi connectivity index (χ0n) is 19.0. The van der Waals surface area contributed by atoms with Gasteiger partial charge in [-0.25, -0.2) is 14.4 Å². The first-order valence-corrected chi connectivity index (χ1v) is 10.8. The summed E-state index contributed by atoms with van der Waals surface area (Å²) in [7, 11) is 0. The second-order valence-electron chi connectivity index (χ2n) is 7.00. The van der Waals surface area contributed by atoms with Crippen molar-refractivity contribution in [2.75, 3.05) is 31.7 Å². The highest BCUT2D eigenvalue weighted by Crippen LogP contribution is 2.28. The number of anilines is 1. The lowest BCUT2D eigenvalue weighted by atomic mass is 10.1. The van der Waals surface area contributed by atoms with Crippen LogP contribution in [0.5, 0.6) is 0 Å². The zero-order valence-corrected chi connectivity index (χ0v) is 19.9. The normalized spacial score (nSPS) is 10.2. The van der Waals surface area contributed by atoms with Gasteiger partial charge in [0.05, 0.1) is 42.2 Å². The summed E-state index contributed by atoms with van der Waals surface area (Å²) in [6.07, 6.45) is 1.95. The van der Waals surface area contributed by atoms with Gasteiger partial charge in [0.1, 0.15) is 5.56 Å². The number of aromatic nitrogens is 1. The Bertz CT molecular complexity index is 1130. The maximum atomic E-state index is 12.5. The molecule has 0 spiro atoms. The van der Waals surface area contributed by atoms with E-state index in [1.54, 1.807) is 56.3 Å². The van der Waals surface area contributed by atoms with Crippen LogP contribution in [0.1, 0.15) is 51.3 Å². The number of benzene rings is 2. The number of hydrogen-bond donors (Lipinski definition) is 1. The van der Waals surface area contributed by atoms with Crippen LogP contribution in [0.4, 0.5) is 5.69 Å². The van der Waals surface area contributed by atoms with Crippen LogP contribution in [-0.4, -0.2) is 49.3 Å². The first-order chi connectivity index (χ1) is 16.0. The van der Waals surface area contributed by atoms with Crippen molar-refractivity contribution in [2.24, 2.45) is 0 Å². The van der Waals surface area contributed by atoms with Gasteiger partial charge in [-0.2, -0.15) is 0 Å². The summed E-state index contributed by atoms with van der Waals surface area (Å²) in [6.45, 7) is 4.54. The second-order valence-corrected chi connectivity index (χ2v) is 7.00. The molecule has 1 aromatic heterocycles. The van der Waals surface area contributed by atoms with Gasteiger partial charge in [-0.1, -0.05) is 18.2 Å². The molecule has 0 aliphatic heterocycles. The van der Waals surface area contributed by atoms with Crippen LogP contribution in [0.25, 0.3) is 10.9 Å². The number of carbonyl (C=O) groups excluding carboxylic acids is 3. The van der Waals surface area contributed by atoms with E-state index in [1.165, 1.54) is 6.20 Å². The van der Waals surface area contributed by atoms with Crippen LogP contribution in [-0.2, 0) is 14.2 Å². The Morgan fingerprint density at radius 3 is 2.24 bits per heavy atom. The molecule has 1 heterocycles. The number of esters is 3. The number of pyridine rings is 1. The molecule has 0 aliphatic rings. The molecule has 1 N–H and O–H groups in total. The van der Waals surface area contributed by atoms with E-state index in [9.17, 15) is 14.4 Å². The molecule has 34 heavy (non-hydrogen) atoms. The Morgan fingerprint density at radius 1 is 0.853 bits per heavy atom. The summed E-state index contributed by atoms with van der Waals surface area (Å²) in [4.78, 5) is 41.1. The number of rotatable bonds is 10. The molecule has 3 rings (SSSR count). The van der Waals surface area contributed by atoms with Gasteiger partial charge in [0.15, 0.2) is 0 Å². The number of nitrogens with one attached hydrogen (secondary N) is 1. The maximum Gasteiger partial charge on any atom is 0.341 e. The Kier molecular flexibility index (Phi) is 10.3. The summed E-state index contributed by atoms with van der Waals surface area (Å²) in [6, 6.07) is 13.7. The average Bonchev–Trinajstić information content (AvgIpc) is 2.84. The molecule has 0 radical (unpaired) electrons. The van der Waals surface area contributed by atoms with Crippen molar-refractivity contribution in [1.29, 1.82) is 0 Å². The largest absolute Gasteiger partial charge is 0.462 e. The quantitative estimate of drug-likeness (QED) is 0.250. The van der Waals surface area contributed by atoms with Gasteiger partial charge in [0, 0.05) is 18.1 Å². The number of hydrogen-bond acceptors (Lipinski definition) is 8. The molecule has 0 saturated carbocycles. The molecule has 3 aromatic rings. The van der Waals surface area contributed by atoms with E-state index in [1.807, 2.05) is 6.07 Å². The van der Waals surface area contributed by atoms with Crippen LogP contribution in [0.2, 0.25) is 0 Å². The Balaban J connectivity index is 0.00000408. The molecule has 0 bridgehead atoms. The van der Waals surface area contributed by atoms with Crippen molar-refractivity contribution in [3.63, 3.8) is 0 Å². The Labute approximate surface area is 204 Å². The molecule has 0 fully saturated rings. The van der Waals surface area contributed by atoms with Crippen LogP contribution in [0, 0.1) is 0 Å². The van der Waals surface area contributed by atoms with E-state index in [2.05, 4.69) is 10.3 Å². The van der Waals surface area contributed by atoms with E-state index in [-0.39, 0.29) is 37.8 Å². The fourth-order valence-corrected chi connectivity index (χ4v) is 3.20. The van der Waals surface area contributed by atoms with Gasteiger partial charge in [-0.05, 0) is 50.6 Å². The topological polar surface area (TPSA) is 104 Å². The number of ether oxygens (including phenoxy) is 3. The molecular formula is C25H27ClN2O6. The minimum Gasteiger partial charge on any atom is -0.462 e. The van der Waals surface area contributed by atoms with Crippen molar-refractivity contribution in [2.45, 2.75) is 20.3 Å².